The first kappa shape index (κ1) is 18.6. The Morgan fingerprint density at radius 3 is 2.35 bits per heavy atom. The summed E-state index contributed by atoms with van der Waals surface area (Å²) < 4.78 is 64.5. The molecule has 0 N–H and O–H groups in total. The van der Waals surface area contributed by atoms with E-state index in [0.717, 1.165) is 25.0 Å². The molecule has 8 heteroatoms. The van der Waals surface area contributed by atoms with Crippen LogP contribution in [0.3, 0.4) is 0 Å². The van der Waals surface area contributed by atoms with E-state index in [9.17, 15) is 17.2 Å². The predicted molar refractivity (Wildman–Crippen MR) is 91.7 cm³/mol. The van der Waals surface area contributed by atoms with Gasteiger partial charge in [-0.2, -0.15) is 4.31 Å². The molecule has 0 spiro atoms. The number of methoxy groups -OCH3 is 2. The largest absolute Gasteiger partial charge is 0.497 e. The Hall–Kier alpha value is -2.19. The first-order valence-electron chi connectivity index (χ1n) is 8.04. The molecule has 1 aliphatic rings. The van der Waals surface area contributed by atoms with E-state index in [-0.39, 0.29) is 17.5 Å². The lowest BCUT2D eigenvalue weighted by Gasteiger charge is -2.23. The molecule has 1 saturated carbocycles. The third-order valence-electron chi connectivity index (χ3n) is 4.27. The van der Waals surface area contributed by atoms with E-state index in [0.29, 0.717) is 23.1 Å². The van der Waals surface area contributed by atoms with E-state index in [1.807, 2.05) is 0 Å². The van der Waals surface area contributed by atoms with Crippen molar-refractivity contribution in [1.29, 1.82) is 0 Å². The van der Waals surface area contributed by atoms with Crippen LogP contribution in [-0.2, 0) is 16.6 Å². The average Bonchev–Trinajstić information content (AvgIpc) is 3.46. The molecule has 3 rings (SSSR count). The lowest BCUT2D eigenvalue weighted by atomic mass is 10.2. The highest BCUT2D eigenvalue weighted by atomic mass is 32.2. The summed E-state index contributed by atoms with van der Waals surface area (Å²) in [6.45, 7) is 0.0480. The molecule has 140 valence electrons. The number of hydrogen-bond acceptors (Lipinski definition) is 4. The fourth-order valence-electron chi connectivity index (χ4n) is 2.72. The topological polar surface area (TPSA) is 55.8 Å². The van der Waals surface area contributed by atoms with E-state index in [2.05, 4.69) is 0 Å². The van der Waals surface area contributed by atoms with Gasteiger partial charge in [0.25, 0.3) is 0 Å². The number of halogens is 2. The molecule has 0 amide bonds. The van der Waals surface area contributed by atoms with Crippen molar-refractivity contribution in [1.82, 2.24) is 4.31 Å². The monoisotopic (exact) mass is 383 g/mol. The van der Waals surface area contributed by atoms with E-state index in [1.54, 1.807) is 18.2 Å². The molecule has 2 aromatic carbocycles. The molecule has 0 bridgehead atoms. The van der Waals surface area contributed by atoms with Crippen molar-refractivity contribution in [3.05, 3.63) is 53.6 Å². The maximum atomic E-state index is 13.5. The molecule has 2 aromatic rings. The zero-order valence-corrected chi connectivity index (χ0v) is 15.2. The zero-order chi connectivity index (χ0) is 18.9. The zero-order valence-electron chi connectivity index (χ0n) is 14.4. The highest BCUT2D eigenvalue weighted by molar-refractivity contribution is 7.89. The van der Waals surface area contributed by atoms with Gasteiger partial charge < -0.3 is 9.47 Å². The van der Waals surface area contributed by atoms with Crippen molar-refractivity contribution in [2.75, 3.05) is 14.2 Å². The smallest absolute Gasteiger partial charge is 0.243 e. The lowest BCUT2D eigenvalue weighted by Crippen LogP contribution is -2.33. The van der Waals surface area contributed by atoms with E-state index in [1.165, 1.54) is 18.5 Å². The normalized spacial score (nSPS) is 14.5. The number of hydrogen-bond donors (Lipinski definition) is 0. The molecular weight excluding hydrogens is 364 g/mol. The molecule has 26 heavy (non-hydrogen) atoms. The van der Waals surface area contributed by atoms with Crippen molar-refractivity contribution >= 4 is 10.0 Å². The number of benzene rings is 2. The van der Waals surface area contributed by atoms with Gasteiger partial charge in [-0.1, -0.05) is 0 Å². The fraction of sp³-hybridized carbons (Fsp3) is 0.333. The van der Waals surface area contributed by atoms with Crippen LogP contribution in [-0.4, -0.2) is 33.0 Å². The van der Waals surface area contributed by atoms with Crippen LogP contribution in [0.5, 0.6) is 11.5 Å². The molecule has 0 heterocycles. The second-order valence-electron chi connectivity index (χ2n) is 6.04. The van der Waals surface area contributed by atoms with Crippen LogP contribution in [0.25, 0.3) is 0 Å². The quantitative estimate of drug-likeness (QED) is 0.736. The standard InChI is InChI=1S/C18H19F2NO4S/c1-24-14-5-8-18(25-2)12(9-14)11-21(13-3-4-13)26(22,23)15-6-7-16(19)17(20)10-15/h5-10,13H,3-4,11H2,1-2H3. The summed E-state index contributed by atoms with van der Waals surface area (Å²) in [5.41, 5.74) is 0.630. The third kappa shape index (κ3) is 3.66. The van der Waals surface area contributed by atoms with Gasteiger partial charge in [0, 0.05) is 18.2 Å². The van der Waals surface area contributed by atoms with Gasteiger partial charge >= 0.3 is 0 Å². The van der Waals surface area contributed by atoms with Crippen molar-refractivity contribution in [3.8, 4) is 11.5 Å². The Morgan fingerprint density at radius 2 is 1.77 bits per heavy atom. The second-order valence-corrected chi connectivity index (χ2v) is 7.93. The van der Waals surface area contributed by atoms with Crippen LogP contribution in [0, 0.1) is 11.6 Å². The minimum atomic E-state index is -3.99. The van der Waals surface area contributed by atoms with Gasteiger partial charge in [-0.05, 0) is 49.2 Å². The molecule has 0 radical (unpaired) electrons. The molecule has 5 nitrogen and oxygen atoms in total. The Labute approximate surface area is 151 Å². The summed E-state index contributed by atoms with van der Waals surface area (Å²) in [4.78, 5) is -0.273. The predicted octanol–water partition coefficient (Wildman–Crippen LogP) is 3.34. The van der Waals surface area contributed by atoms with Gasteiger partial charge in [0.1, 0.15) is 11.5 Å². The van der Waals surface area contributed by atoms with Crippen molar-refractivity contribution in [3.63, 3.8) is 0 Å². The molecular formula is C18H19F2NO4S. The van der Waals surface area contributed by atoms with Gasteiger partial charge in [-0.3, -0.25) is 0 Å². The molecule has 1 aliphatic carbocycles. The Morgan fingerprint density at radius 1 is 1.04 bits per heavy atom. The maximum absolute atomic E-state index is 13.5. The Balaban J connectivity index is 1.98. The minimum Gasteiger partial charge on any atom is -0.497 e. The molecule has 0 atom stereocenters. The van der Waals surface area contributed by atoms with Crippen molar-refractivity contribution in [2.24, 2.45) is 0 Å². The highest BCUT2D eigenvalue weighted by Gasteiger charge is 2.38. The highest BCUT2D eigenvalue weighted by Crippen LogP contribution is 2.36. The number of nitrogens with zero attached hydrogens (tertiary/aromatic N) is 1. The number of ether oxygens (including phenoxy) is 2. The van der Waals surface area contributed by atoms with Gasteiger partial charge in [0.05, 0.1) is 19.1 Å². The first-order valence-corrected chi connectivity index (χ1v) is 9.48. The summed E-state index contributed by atoms with van der Waals surface area (Å²) in [6, 6.07) is 7.55. The van der Waals surface area contributed by atoms with Crippen molar-refractivity contribution in [2.45, 2.75) is 30.3 Å². The Kier molecular flexibility index (Phi) is 5.15. The van der Waals surface area contributed by atoms with Gasteiger partial charge in [-0.15, -0.1) is 0 Å². The molecule has 0 aliphatic heterocycles. The molecule has 0 saturated heterocycles. The SMILES string of the molecule is COc1ccc(OC)c(CN(C2CC2)S(=O)(=O)c2ccc(F)c(F)c2)c1. The van der Waals surface area contributed by atoms with Crippen LogP contribution in [0.15, 0.2) is 41.3 Å². The first-order chi connectivity index (χ1) is 12.4. The maximum Gasteiger partial charge on any atom is 0.243 e. The summed E-state index contributed by atoms with van der Waals surface area (Å²) >= 11 is 0. The summed E-state index contributed by atoms with van der Waals surface area (Å²) in [5, 5.41) is 0. The van der Waals surface area contributed by atoms with Crippen LogP contribution >= 0.6 is 0 Å². The summed E-state index contributed by atoms with van der Waals surface area (Å²) in [5.74, 6) is -1.18. The van der Waals surface area contributed by atoms with Crippen LogP contribution in [0.1, 0.15) is 18.4 Å². The van der Waals surface area contributed by atoms with Gasteiger partial charge in [-0.25, -0.2) is 17.2 Å². The number of rotatable bonds is 7. The fourth-order valence-corrected chi connectivity index (χ4v) is 4.39. The van der Waals surface area contributed by atoms with E-state index >= 15 is 0 Å². The molecule has 1 fully saturated rings. The lowest BCUT2D eigenvalue weighted by molar-refractivity contribution is 0.369. The van der Waals surface area contributed by atoms with Crippen LogP contribution in [0.2, 0.25) is 0 Å². The van der Waals surface area contributed by atoms with E-state index < -0.39 is 21.7 Å². The molecule has 0 aromatic heterocycles. The van der Waals surface area contributed by atoms with Crippen LogP contribution < -0.4 is 9.47 Å². The van der Waals surface area contributed by atoms with Gasteiger partial charge in [0.15, 0.2) is 11.6 Å². The average molecular weight is 383 g/mol. The van der Waals surface area contributed by atoms with E-state index in [4.69, 9.17) is 9.47 Å². The summed E-state index contributed by atoms with van der Waals surface area (Å²) in [6.07, 6.45) is 1.43. The summed E-state index contributed by atoms with van der Waals surface area (Å²) in [7, 11) is -0.977. The Bertz CT molecular complexity index is 913. The third-order valence-corrected chi connectivity index (χ3v) is 6.16. The van der Waals surface area contributed by atoms with Gasteiger partial charge in [0.2, 0.25) is 10.0 Å². The second kappa shape index (κ2) is 7.20. The number of sulfonamides is 1. The van der Waals surface area contributed by atoms with Crippen molar-refractivity contribution < 1.29 is 26.7 Å². The van der Waals surface area contributed by atoms with Crippen LogP contribution in [0.4, 0.5) is 8.78 Å². The minimum absolute atomic E-state index is 0.0480. The molecule has 0 unspecified atom stereocenters.